The Morgan fingerprint density at radius 3 is 2.94 bits per heavy atom. The Labute approximate surface area is 108 Å². The predicted molar refractivity (Wildman–Crippen MR) is 66.7 cm³/mol. The van der Waals surface area contributed by atoms with Crippen molar-refractivity contribution in [1.29, 1.82) is 0 Å². The first kappa shape index (κ1) is 12.4. The minimum atomic E-state index is -0.490. The van der Waals surface area contributed by atoms with Gasteiger partial charge in [0, 0.05) is 5.56 Å². The summed E-state index contributed by atoms with van der Waals surface area (Å²) in [6.45, 7) is 0. The number of rotatable bonds is 4. The number of ether oxygens (including phenoxy) is 1. The average Bonchev–Trinajstić information content (AvgIpc) is 2.76. The average molecular weight is 267 g/mol. The standard InChI is InChI=1S/C11H10FN3O2S/c1-16-8-3-2-6(4-7(8)12)11-14-10(17-15-11)5-9(13)18/h2-4H,5H2,1H3,(H2,13,18). The maximum atomic E-state index is 13.5. The number of hydrogen-bond acceptors (Lipinski definition) is 5. The summed E-state index contributed by atoms with van der Waals surface area (Å²) in [5.41, 5.74) is 5.85. The number of thiocarbonyl (C=S) groups is 1. The molecule has 0 aliphatic carbocycles. The monoisotopic (exact) mass is 267 g/mol. The molecule has 5 nitrogen and oxygen atoms in total. The van der Waals surface area contributed by atoms with Crippen LogP contribution in [0.15, 0.2) is 22.7 Å². The van der Waals surface area contributed by atoms with Gasteiger partial charge >= 0.3 is 0 Å². The van der Waals surface area contributed by atoms with Crippen molar-refractivity contribution in [3.8, 4) is 17.1 Å². The van der Waals surface area contributed by atoms with Crippen LogP contribution in [0.2, 0.25) is 0 Å². The van der Waals surface area contributed by atoms with Gasteiger partial charge in [-0.3, -0.25) is 0 Å². The van der Waals surface area contributed by atoms with Gasteiger partial charge in [0.05, 0.1) is 18.5 Å². The van der Waals surface area contributed by atoms with Crippen LogP contribution >= 0.6 is 12.2 Å². The Hall–Kier alpha value is -2.02. The number of benzene rings is 1. The van der Waals surface area contributed by atoms with E-state index in [9.17, 15) is 4.39 Å². The molecule has 1 heterocycles. The Bertz CT molecular complexity index is 585. The molecule has 0 amide bonds. The third kappa shape index (κ3) is 2.62. The Kier molecular flexibility index (Phi) is 3.52. The van der Waals surface area contributed by atoms with E-state index in [2.05, 4.69) is 10.1 Å². The smallest absolute Gasteiger partial charge is 0.233 e. The van der Waals surface area contributed by atoms with Gasteiger partial charge in [0.1, 0.15) is 0 Å². The second-order valence-electron chi connectivity index (χ2n) is 3.50. The summed E-state index contributed by atoms with van der Waals surface area (Å²) in [5.74, 6) is 0.248. The molecule has 2 rings (SSSR count). The first-order valence-corrected chi connectivity index (χ1v) is 5.46. The molecule has 0 unspecified atom stereocenters. The van der Waals surface area contributed by atoms with Crippen molar-refractivity contribution in [2.45, 2.75) is 6.42 Å². The van der Waals surface area contributed by atoms with Gasteiger partial charge in [0.25, 0.3) is 0 Å². The fourth-order valence-electron chi connectivity index (χ4n) is 1.40. The van der Waals surface area contributed by atoms with Crippen molar-refractivity contribution in [2.24, 2.45) is 5.73 Å². The molecule has 94 valence electrons. The van der Waals surface area contributed by atoms with Crippen LogP contribution in [0.25, 0.3) is 11.4 Å². The topological polar surface area (TPSA) is 74.2 Å². The number of hydrogen-bond donors (Lipinski definition) is 1. The summed E-state index contributed by atoms with van der Waals surface area (Å²) in [5, 5.41) is 3.73. The van der Waals surface area contributed by atoms with Gasteiger partial charge in [0.2, 0.25) is 11.7 Å². The van der Waals surface area contributed by atoms with E-state index in [0.29, 0.717) is 11.5 Å². The number of methoxy groups -OCH3 is 1. The fraction of sp³-hybridized carbons (Fsp3) is 0.182. The van der Waals surface area contributed by atoms with Crippen molar-refractivity contribution < 1.29 is 13.7 Å². The Balaban J connectivity index is 2.28. The molecular formula is C11H10FN3O2S. The van der Waals surface area contributed by atoms with E-state index in [1.807, 2.05) is 0 Å². The van der Waals surface area contributed by atoms with Gasteiger partial charge in [0.15, 0.2) is 11.6 Å². The maximum absolute atomic E-state index is 13.5. The first-order chi connectivity index (χ1) is 8.60. The predicted octanol–water partition coefficient (Wildman–Crippen LogP) is 1.71. The highest BCUT2D eigenvalue weighted by atomic mass is 32.1. The minimum Gasteiger partial charge on any atom is -0.494 e. The summed E-state index contributed by atoms with van der Waals surface area (Å²) in [6, 6.07) is 4.40. The molecule has 0 saturated carbocycles. The molecule has 0 fully saturated rings. The third-order valence-corrected chi connectivity index (χ3v) is 2.35. The third-order valence-electron chi connectivity index (χ3n) is 2.20. The van der Waals surface area contributed by atoms with E-state index in [0.717, 1.165) is 0 Å². The highest BCUT2D eigenvalue weighted by Crippen LogP contribution is 2.23. The number of halogens is 1. The van der Waals surface area contributed by atoms with E-state index in [4.69, 9.17) is 27.2 Å². The van der Waals surface area contributed by atoms with Crippen LogP contribution in [0.3, 0.4) is 0 Å². The van der Waals surface area contributed by atoms with Crippen LogP contribution in [0.4, 0.5) is 4.39 Å². The van der Waals surface area contributed by atoms with Crippen LogP contribution in [0, 0.1) is 5.82 Å². The molecule has 0 atom stereocenters. The van der Waals surface area contributed by atoms with Crippen LogP contribution < -0.4 is 10.5 Å². The molecule has 1 aromatic heterocycles. The molecule has 1 aromatic carbocycles. The van der Waals surface area contributed by atoms with E-state index < -0.39 is 5.82 Å². The molecule has 2 aromatic rings. The number of nitrogens with two attached hydrogens (primary N) is 1. The van der Waals surface area contributed by atoms with Crippen LogP contribution in [0.1, 0.15) is 5.89 Å². The molecular weight excluding hydrogens is 257 g/mol. The lowest BCUT2D eigenvalue weighted by molar-refractivity contribution is 0.386. The zero-order valence-electron chi connectivity index (χ0n) is 9.51. The molecule has 0 bridgehead atoms. The minimum absolute atomic E-state index is 0.158. The highest BCUT2D eigenvalue weighted by Gasteiger charge is 2.11. The van der Waals surface area contributed by atoms with Gasteiger partial charge < -0.3 is 15.0 Å². The molecule has 2 N–H and O–H groups in total. The summed E-state index contributed by atoms with van der Waals surface area (Å²) < 4.78 is 23.3. The highest BCUT2D eigenvalue weighted by molar-refractivity contribution is 7.80. The summed E-state index contributed by atoms with van der Waals surface area (Å²) in [6.07, 6.45) is 0.223. The zero-order chi connectivity index (χ0) is 13.1. The molecule has 0 aliphatic rings. The lowest BCUT2D eigenvalue weighted by Crippen LogP contribution is -2.11. The van der Waals surface area contributed by atoms with Crippen molar-refractivity contribution in [3.63, 3.8) is 0 Å². The molecule has 18 heavy (non-hydrogen) atoms. The zero-order valence-corrected chi connectivity index (χ0v) is 10.3. The van der Waals surface area contributed by atoms with Gasteiger partial charge in [-0.2, -0.15) is 4.98 Å². The quantitative estimate of drug-likeness (QED) is 0.850. The van der Waals surface area contributed by atoms with Gasteiger partial charge in [-0.05, 0) is 18.2 Å². The van der Waals surface area contributed by atoms with Gasteiger partial charge in [-0.25, -0.2) is 4.39 Å². The van der Waals surface area contributed by atoms with Crippen molar-refractivity contribution in [1.82, 2.24) is 10.1 Å². The Morgan fingerprint density at radius 1 is 1.56 bits per heavy atom. The van der Waals surface area contributed by atoms with E-state index in [-0.39, 0.29) is 23.0 Å². The van der Waals surface area contributed by atoms with E-state index in [1.54, 1.807) is 6.07 Å². The van der Waals surface area contributed by atoms with Crippen LogP contribution in [-0.4, -0.2) is 22.2 Å². The first-order valence-electron chi connectivity index (χ1n) is 5.05. The summed E-state index contributed by atoms with van der Waals surface area (Å²) >= 11 is 4.73. The van der Waals surface area contributed by atoms with E-state index in [1.165, 1.54) is 19.2 Å². The van der Waals surface area contributed by atoms with Crippen LogP contribution in [0.5, 0.6) is 5.75 Å². The second-order valence-corrected chi connectivity index (χ2v) is 4.03. The molecule has 0 radical (unpaired) electrons. The Morgan fingerprint density at radius 2 is 2.33 bits per heavy atom. The fourth-order valence-corrected chi connectivity index (χ4v) is 1.52. The lowest BCUT2D eigenvalue weighted by atomic mass is 10.2. The number of nitrogens with zero attached hydrogens (tertiary/aromatic N) is 2. The molecule has 0 aliphatic heterocycles. The molecule has 7 heteroatoms. The lowest BCUT2D eigenvalue weighted by Gasteiger charge is -2.01. The largest absolute Gasteiger partial charge is 0.494 e. The molecule has 0 saturated heterocycles. The van der Waals surface area contributed by atoms with Gasteiger partial charge in [-0.1, -0.05) is 17.4 Å². The molecule has 0 spiro atoms. The van der Waals surface area contributed by atoms with Crippen molar-refractivity contribution in [3.05, 3.63) is 29.9 Å². The number of aromatic nitrogens is 2. The maximum Gasteiger partial charge on any atom is 0.233 e. The summed E-state index contributed by atoms with van der Waals surface area (Å²) in [7, 11) is 1.40. The van der Waals surface area contributed by atoms with Gasteiger partial charge in [-0.15, -0.1) is 0 Å². The van der Waals surface area contributed by atoms with Crippen LogP contribution in [-0.2, 0) is 6.42 Å². The normalized spacial score (nSPS) is 10.3. The second kappa shape index (κ2) is 5.09. The van der Waals surface area contributed by atoms with Crippen molar-refractivity contribution >= 4 is 17.2 Å². The van der Waals surface area contributed by atoms with E-state index >= 15 is 0 Å². The van der Waals surface area contributed by atoms with Crippen molar-refractivity contribution in [2.75, 3.05) is 7.11 Å². The SMILES string of the molecule is COc1ccc(-c2noc(CC(N)=S)n2)cc1F. The summed E-state index contributed by atoms with van der Waals surface area (Å²) in [4.78, 5) is 4.32.